The molecule has 2 N–H and O–H groups in total. The number of hydrogen-bond donors (Lipinski definition) is 2. The van der Waals surface area contributed by atoms with E-state index in [2.05, 4.69) is 10.6 Å². The van der Waals surface area contributed by atoms with Gasteiger partial charge in [0, 0.05) is 13.1 Å². The van der Waals surface area contributed by atoms with Crippen LogP contribution in [0.15, 0.2) is 24.3 Å². The summed E-state index contributed by atoms with van der Waals surface area (Å²) in [6.07, 6.45) is 2.10. The van der Waals surface area contributed by atoms with E-state index in [0.29, 0.717) is 13.1 Å². The molecule has 1 aromatic carbocycles. The molecule has 0 heterocycles. The molecule has 0 saturated heterocycles. The van der Waals surface area contributed by atoms with E-state index in [1.165, 1.54) is 12.1 Å². The summed E-state index contributed by atoms with van der Waals surface area (Å²) in [7, 11) is 0. The Labute approximate surface area is 154 Å². The Morgan fingerprint density at radius 2 is 1.62 bits per heavy atom. The average molecular weight is 368 g/mol. The normalized spacial score (nSPS) is 11.1. The number of unbranched alkanes of at least 4 members (excludes halogenated alkanes) is 2. The Hall–Kier alpha value is -2.15. The number of hydrogen-bond acceptors (Lipinski definition) is 4. The minimum Gasteiger partial charge on any atom is -0.444 e. The monoisotopic (exact) mass is 368 g/mol. The van der Waals surface area contributed by atoms with Crippen LogP contribution in [0.1, 0.15) is 45.6 Å². The first-order valence-corrected chi connectivity index (χ1v) is 8.82. The van der Waals surface area contributed by atoms with E-state index in [0.717, 1.165) is 24.8 Å². The highest BCUT2D eigenvalue weighted by molar-refractivity contribution is 5.77. The number of nitrogens with one attached hydrogen (secondary N) is 2. The van der Waals surface area contributed by atoms with Gasteiger partial charge in [0.15, 0.2) is 0 Å². The van der Waals surface area contributed by atoms with Gasteiger partial charge in [-0.2, -0.15) is 0 Å². The van der Waals surface area contributed by atoms with Gasteiger partial charge in [-0.1, -0.05) is 12.1 Å². The Morgan fingerprint density at radius 3 is 2.23 bits per heavy atom. The van der Waals surface area contributed by atoms with E-state index >= 15 is 0 Å². The predicted molar refractivity (Wildman–Crippen MR) is 97.2 cm³/mol. The molecule has 0 radical (unpaired) electrons. The van der Waals surface area contributed by atoms with Gasteiger partial charge in [-0.05, 0) is 57.7 Å². The number of benzene rings is 1. The van der Waals surface area contributed by atoms with Crippen LogP contribution >= 0.6 is 0 Å². The summed E-state index contributed by atoms with van der Waals surface area (Å²) in [4.78, 5) is 23.1. The number of alkyl carbamates (subject to hydrolysis) is 1. The molecule has 0 aliphatic rings. The lowest BCUT2D eigenvalue weighted by Crippen LogP contribution is -2.33. The Morgan fingerprint density at radius 1 is 1.00 bits per heavy atom. The molecular formula is C19H29FN2O4. The fourth-order valence-electron chi connectivity index (χ4n) is 2.05. The van der Waals surface area contributed by atoms with Crippen molar-refractivity contribution in [3.8, 4) is 0 Å². The third kappa shape index (κ3) is 11.4. The number of ether oxygens (including phenoxy) is 2. The van der Waals surface area contributed by atoms with Crippen LogP contribution in [0.4, 0.5) is 9.18 Å². The van der Waals surface area contributed by atoms with Gasteiger partial charge in [0.25, 0.3) is 0 Å². The van der Waals surface area contributed by atoms with Crippen LogP contribution in [-0.4, -0.2) is 37.3 Å². The summed E-state index contributed by atoms with van der Waals surface area (Å²) < 4.78 is 23.2. The first-order valence-electron chi connectivity index (χ1n) is 8.82. The van der Waals surface area contributed by atoms with Crippen molar-refractivity contribution in [3.05, 3.63) is 35.6 Å². The van der Waals surface area contributed by atoms with Crippen molar-refractivity contribution in [2.45, 2.75) is 52.2 Å². The van der Waals surface area contributed by atoms with Crippen LogP contribution in [0.25, 0.3) is 0 Å². The lowest BCUT2D eigenvalue weighted by atomic mass is 10.2. The Bertz CT molecular complexity index is 556. The highest BCUT2D eigenvalue weighted by Crippen LogP contribution is 2.06. The minimum atomic E-state index is -0.493. The van der Waals surface area contributed by atoms with Crippen molar-refractivity contribution in [1.82, 2.24) is 10.6 Å². The van der Waals surface area contributed by atoms with E-state index < -0.39 is 11.7 Å². The smallest absolute Gasteiger partial charge is 0.407 e. The lowest BCUT2D eigenvalue weighted by molar-refractivity contribution is -0.126. The fraction of sp³-hybridized carbons (Fsp3) is 0.579. The second-order valence-corrected chi connectivity index (χ2v) is 6.96. The molecule has 0 spiro atoms. The summed E-state index contributed by atoms with van der Waals surface area (Å²) >= 11 is 0. The summed E-state index contributed by atoms with van der Waals surface area (Å²) in [5.41, 5.74) is 0.323. The summed E-state index contributed by atoms with van der Waals surface area (Å²) in [5.74, 6) is -0.480. The van der Waals surface area contributed by atoms with Crippen LogP contribution in [0.2, 0.25) is 0 Å². The molecule has 0 bridgehead atoms. The maximum absolute atomic E-state index is 12.8. The second-order valence-electron chi connectivity index (χ2n) is 6.96. The number of carbonyl (C=O) groups excluding carboxylic acids is 2. The molecule has 0 aromatic heterocycles. The largest absolute Gasteiger partial charge is 0.444 e. The maximum atomic E-state index is 12.8. The molecule has 7 heteroatoms. The zero-order valence-electron chi connectivity index (χ0n) is 15.8. The molecule has 0 fully saturated rings. The maximum Gasteiger partial charge on any atom is 0.407 e. The molecule has 0 aliphatic heterocycles. The van der Waals surface area contributed by atoms with Crippen molar-refractivity contribution in [1.29, 1.82) is 0 Å². The standard InChI is InChI=1S/C19H29FN2O4/c1-19(2,3)26-18(24)22-12-6-4-5-11-21-17(23)14-25-13-15-7-9-16(20)10-8-15/h7-10H,4-6,11-14H2,1-3H3,(H,21,23)(H,22,24). The van der Waals surface area contributed by atoms with E-state index in [9.17, 15) is 14.0 Å². The molecule has 2 amide bonds. The molecular weight excluding hydrogens is 339 g/mol. The van der Waals surface area contributed by atoms with Gasteiger partial charge in [-0.15, -0.1) is 0 Å². The molecule has 1 rings (SSSR count). The van der Waals surface area contributed by atoms with Gasteiger partial charge < -0.3 is 20.1 Å². The zero-order chi connectivity index (χ0) is 19.4. The lowest BCUT2D eigenvalue weighted by Gasteiger charge is -2.19. The van der Waals surface area contributed by atoms with Gasteiger partial charge in [-0.25, -0.2) is 9.18 Å². The van der Waals surface area contributed by atoms with Crippen LogP contribution in [-0.2, 0) is 20.9 Å². The minimum absolute atomic E-state index is 0.0302. The van der Waals surface area contributed by atoms with Crippen molar-refractivity contribution in [3.63, 3.8) is 0 Å². The number of carbonyl (C=O) groups is 2. The third-order valence-electron chi connectivity index (χ3n) is 3.26. The molecule has 0 atom stereocenters. The first-order chi connectivity index (χ1) is 12.3. The second kappa shape index (κ2) is 11.5. The third-order valence-corrected chi connectivity index (χ3v) is 3.26. The average Bonchev–Trinajstić information content (AvgIpc) is 2.54. The van der Waals surface area contributed by atoms with Gasteiger partial charge in [0.2, 0.25) is 5.91 Å². The SMILES string of the molecule is CC(C)(C)OC(=O)NCCCCCNC(=O)COCc1ccc(F)cc1. The number of amides is 2. The summed E-state index contributed by atoms with van der Waals surface area (Å²) in [6.45, 7) is 6.80. The van der Waals surface area contributed by atoms with E-state index in [-0.39, 0.29) is 24.9 Å². The summed E-state index contributed by atoms with van der Waals surface area (Å²) in [5, 5.41) is 5.47. The molecule has 1 aromatic rings. The van der Waals surface area contributed by atoms with Crippen molar-refractivity contribution < 1.29 is 23.5 Å². The first kappa shape index (κ1) is 21.9. The van der Waals surface area contributed by atoms with E-state index in [4.69, 9.17) is 9.47 Å². The molecule has 6 nitrogen and oxygen atoms in total. The van der Waals surface area contributed by atoms with Crippen LogP contribution in [0, 0.1) is 5.82 Å². The predicted octanol–water partition coefficient (Wildman–Crippen LogP) is 3.15. The van der Waals surface area contributed by atoms with Crippen LogP contribution in [0.5, 0.6) is 0 Å². The van der Waals surface area contributed by atoms with Gasteiger partial charge in [0.05, 0.1) is 6.61 Å². The molecule has 0 saturated carbocycles. The highest BCUT2D eigenvalue weighted by Gasteiger charge is 2.15. The Kier molecular flexibility index (Phi) is 9.65. The van der Waals surface area contributed by atoms with Crippen LogP contribution in [0.3, 0.4) is 0 Å². The van der Waals surface area contributed by atoms with E-state index in [1.807, 2.05) is 20.8 Å². The van der Waals surface area contributed by atoms with Crippen LogP contribution < -0.4 is 10.6 Å². The van der Waals surface area contributed by atoms with Crippen molar-refractivity contribution in [2.75, 3.05) is 19.7 Å². The number of rotatable bonds is 10. The van der Waals surface area contributed by atoms with Gasteiger partial charge in [0.1, 0.15) is 18.0 Å². The molecule has 146 valence electrons. The molecule has 0 aliphatic carbocycles. The van der Waals surface area contributed by atoms with Crippen molar-refractivity contribution in [2.24, 2.45) is 0 Å². The number of halogens is 1. The van der Waals surface area contributed by atoms with E-state index in [1.54, 1.807) is 12.1 Å². The highest BCUT2D eigenvalue weighted by atomic mass is 19.1. The summed E-state index contributed by atoms with van der Waals surface area (Å²) in [6, 6.07) is 5.96. The molecule has 26 heavy (non-hydrogen) atoms. The van der Waals surface area contributed by atoms with Crippen molar-refractivity contribution >= 4 is 12.0 Å². The molecule has 0 unspecified atom stereocenters. The topological polar surface area (TPSA) is 76.7 Å². The van der Waals surface area contributed by atoms with Gasteiger partial charge in [-0.3, -0.25) is 4.79 Å². The Balaban J connectivity index is 1.96. The van der Waals surface area contributed by atoms with Gasteiger partial charge >= 0.3 is 6.09 Å². The quantitative estimate of drug-likeness (QED) is 0.622. The fourth-order valence-corrected chi connectivity index (χ4v) is 2.05. The zero-order valence-corrected chi connectivity index (χ0v) is 15.8.